The highest BCUT2D eigenvalue weighted by Gasteiger charge is 2.26. The zero-order valence-corrected chi connectivity index (χ0v) is 18.4. The molecule has 3 rings (SSSR count). The smallest absolute Gasteiger partial charge is 0.332 e. The highest BCUT2D eigenvalue weighted by atomic mass is 32.1. The van der Waals surface area contributed by atoms with Crippen molar-refractivity contribution in [3.63, 3.8) is 0 Å². The molecule has 3 heterocycles. The van der Waals surface area contributed by atoms with Crippen LogP contribution in [0.4, 0.5) is 4.79 Å². The Morgan fingerprint density at radius 1 is 1.17 bits per heavy atom. The van der Waals surface area contributed by atoms with Crippen molar-refractivity contribution >= 4 is 27.6 Å². The fourth-order valence-electron chi connectivity index (χ4n) is 3.39. The van der Waals surface area contributed by atoms with Crippen molar-refractivity contribution < 1.29 is 14.3 Å². The van der Waals surface area contributed by atoms with Crippen molar-refractivity contribution in [2.45, 2.75) is 46.0 Å². The number of carbonyl (C=O) groups is 1. The van der Waals surface area contributed by atoms with Crippen LogP contribution in [-0.4, -0.2) is 59.6 Å². The second-order valence-corrected chi connectivity index (χ2v) is 8.85. The van der Waals surface area contributed by atoms with E-state index in [1.165, 1.54) is 15.9 Å². The maximum absolute atomic E-state index is 13.3. The molecule has 1 saturated heterocycles. The van der Waals surface area contributed by atoms with E-state index in [1.54, 1.807) is 23.7 Å². The molecule has 0 saturated carbocycles. The number of rotatable bonds is 8. The van der Waals surface area contributed by atoms with E-state index in [2.05, 4.69) is 5.32 Å². The zero-order valence-electron chi connectivity index (χ0n) is 17.5. The van der Waals surface area contributed by atoms with Gasteiger partial charge < -0.3 is 19.7 Å². The molecule has 1 aliphatic heterocycles. The molecule has 29 heavy (non-hydrogen) atoms. The topological polar surface area (TPSA) is 94.8 Å². The number of hydrogen-bond donors (Lipinski definition) is 1. The summed E-state index contributed by atoms with van der Waals surface area (Å²) in [6.45, 7) is 8.02. The Labute approximate surface area is 172 Å². The van der Waals surface area contributed by atoms with Crippen LogP contribution >= 0.6 is 11.3 Å². The minimum atomic E-state index is -0.670. The first-order chi connectivity index (χ1) is 13.7. The third-order valence-corrected chi connectivity index (χ3v) is 6.58. The average molecular weight is 425 g/mol. The summed E-state index contributed by atoms with van der Waals surface area (Å²) < 4.78 is 13.4. The van der Waals surface area contributed by atoms with E-state index in [9.17, 15) is 14.4 Å². The molecule has 0 aromatic carbocycles. The largest absolute Gasteiger partial charge is 0.383 e. The van der Waals surface area contributed by atoms with Gasteiger partial charge in [-0.05, 0) is 26.3 Å². The van der Waals surface area contributed by atoms with Gasteiger partial charge in [0.1, 0.15) is 4.83 Å². The van der Waals surface area contributed by atoms with Crippen LogP contribution in [0.3, 0.4) is 0 Å². The van der Waals surface area contributed by atoms with Crippen LogP contribution in [0, 0.1) is 6.92 Å². The summed E-state index contributed by atoms with van der Waals surface area (Å²) in [6, 6.07) is -0.113. The summed E-state index contributed by atoms with van der Waals surface area (Å²) in [5, 5.41) is 3.30. The SMILES string of the molecule is COCCn1c(=O)n(CC(C)(C)OC)c(=O)c2c(C)c(CN3CCNC3=O)sc21. The van der Waals surface area contributed by atoms with E-state index < -0.39 is 5.60 Å². The highest BCUT2D eigenvalue weighted by Crippen LogP contribution is 2.29. The molecule has 2 aromatic heterocycles. The van der Waals surface area contributed by atoms with Gasteiger partial charge in [0.25, 0.3) is 5.56 Å². The van der Waals surface area contributed by atoms with Crippen molar-refractivity contribution in [1.82, 2.24) is 19.4 Å². The number of amides is 2. The highest BCUT2D eigenvalue weighted by molar-refractivity contribution is 7.18. The lowest BCUT2D eigenvalue weighted by molar-refractivity contribution is 0.00618. The van der Waals surface area contributed by atoms with E-state index in [0.717, 1.165) is 10.4 Å². The van der Waals surface area contributed by atoms with Gasteiger partial charge in [-0.2, -0.15) is 0 Å². The van der Waals surface area contributed by atoms with Crippen LogP contribution in [0.15, 0.2) is 9.59 Å². The van der Waals surface area contributed by atoms with E-state index in [4.69, 9.17) is 9.47 Å². The third-order valence-electron chi connectivity index (χ3n) is 5.28. The molecule has 0 unspecified atom stereocenters. The van der Waals surface area contributed by atoms with Gasteiger partial charge in [-0.3, -0.25) is 13.9 Å². The average Bonchev–Trinajstić information content (AvgIpc) is 3.22. The van der Waals surface area contributed by atoms with Gasteiger partial charge >= 0.3 is 11.7 Å². The standard InChI is InChI=1S/C19H28N4O5S/c1-12-13(10-21-7-6-20-17(21)25)29-16-14(12)15(24)23(11-19(2,3)28-5)18(26)22(16)8-9-27-4/h6-11H2,1-5H3,(H,20,25). The molecular weight excluding hydrogens is 396 g/mol. The fraction of sp³-hybridized carbons (Fsp3) is 0.632. The van der Waals surface area contributed by atoms with Gasteiger partial charge in [-0.1, -0.05) is 0 Å². The lowest BCUT2D eigenvalue weighted by Crippen LogP contribution is -2.45. The molecule has 1 N–H and O–H groups in total. The summed E-state index contributed by atoms with van der Waals surface area (Å²) in [7, 11) is 3.13. The van der Waals surface area contributed by atoms with E-state index >= 15 is 0 Å². The minimum Gasteiger partial charge on any atom is -0.383 e. The second kappa shape index (κ2) is 8.29. The number of nitrogens with one attached hydrogen (secondary N) is 1. The molecule has 9 nitrogen and oxygen atoms in total. The van der Waals surface area contributed by atoms with Gasteiger partial charge in [0.05, 0.1) is 37.2 Å². The lowest BCUT2D eigenvalue weighted by atomic mass is 10.1. The first-order valence-corrected chi connectivity index (χ1v) is 10.3. The summed E-state index contributed by atoms with van der Waals surface area (Å²) in [6.07, 6.45) is 0. The Morgan fingerprint density at radius 2 is 1.90 bits per heavy atom. The number of aromatic nitrogens is 2. The van der Waals surface area contributed by atoms with Crippen LogP contribution < -0.4 is 16.6 Å². The third kappa shape index (κ3) is 4.10. The molecule has 0 radical (unpaired) electrons. The molecule has 2 amide bonds. The summed E-state index contributed by atoms with van der Waals surface area (Å²) >= 11 is 1.39. The van der Waals surface area contributed by atoms with E-state index in [-0.39, 0.29) is 23.8 Å². The summed E-state index contributed by atoms with van der Waals surface area (Å²) in [4.78, 5) is 41.6. The molecule has 0 bridgehead atoms. The molecule has 0 spiro atoms. The lowest BCUT2D eigenvalue weighted by Gasteiger charge is -2.24. The number of hydrogen-bond acceptors (Lipinski definition) is 6. The zero-order chi connectivity index (χ0) is 21.3. The Morgan fingerprint density at radius 3 is 2.48 bits per heavy atom. The normalized spacial score (nSPS) is 14.8. The number of urea groups is 1. The van der Waals surface area contributed by atoms with Crippen LogP contribution in [0.2, 0.25) is 0 Å². The van der Waals surface area contributed by atoms with Crippen LogP contribution in [0.5, 0.6) is 0 Å². The molecule has 2 aromatic rings. The number of ether oxygens (including phenoxy) is 2. The Kier molecular flexibility index (Phi) is 6.16. The number of aryl methyl sites for hydroxylation is 1. The van der Waals surface area contributed by atoms with E-state index in [0.29, 0.717) is 43.0 Å². The number of carbonyl (C=O) groups excluding carboxylic acids is 1. The maximum atomic E-state index is 13.3. The summed E-state index contributed by atoms with van der Waals surface area (Å²) in [5.41, 5.74) is -0.563. The first-order valence-electron chi connectivity index (χ1n) is 9.52. The molecular formula is C19H28N4O5S. The quantitative estimate of drug-likeness (QED) is 0.686. The summed E-state index contributed by atoms with van der Waals surface area (Å²) in [5.74, 6) is 0. The van der Waals surface area contributed by atoms with Crippen molar-refractivity contribution in [1.29, 1.82) is 0 Å². The van der Waals surface area contributed by atoms with E-state index in [1.807, 2.05) is 20.8 Å². The maximum Gasteiger partial charge on any atom is 0.332 e. The Balaban J connectivity index is 2.18. The fourth-order valence-corrected chi connectivity index (χ4v) is 4.72. The predicted molar refractivity (Wildman–Crippen MR) is 112 cm³/mol. The van der Waals surface area contributed by atoms with Gasteiger partial charge in [-0.25, -0.2) is 9.59 Å². The van der Waals surface area contributed by atoms with Gasteiger partial charge in [-0.15, -0.1) is 11.3 Å². The second-order valence-electron chi connectivity index (χ2n) is 7.77. The molecule has 1 aliphatic rings. The molecule has 10 heteroatoms. The monoisotopic (exact) mass is 424 g/mol. The van der Waals surface area contributed by atoms with Gasteiger partial charge in [0, 0.05) is 32.2 Å². The van der Waals surface area contributed by atoms with Crippen LogP contribution in [0.1, 0.15) is 24.3 Å². The first kappa shape index (κ1) is 21.5. The Bertz CT molecular complexity index is 1040. The number of methoxy groups -OCH3 is 2. The molecule has 1 fully saturated rings. The van der Waals surface area contributed by atoms with Crippen molar-refractivity contribution in [3.05, 3.63) is 31.3 Å². The van der Waals surface area contributed by atoms with Crippen molar-refractivity contribution in [2.24, 2.45) is 0 Å². The number of thiophene rings is 1. The molecule has 160 valence electrons. The van der Waals surface area contributed by atoms with Gasteiger partial charge in [0.15, 0.2) is 0 Å². The minimum absolute atomic E-state index is 0.113. The van der Waals surface area contributed by atoms with Crippen LogP contribution in [-0.2, 0) is 29.1 Å². The number of fused-ring (bicyclic) bond motifs is 1. The predicted octanol–water partition coefficient (Wildman–Crippen LogP) is 1.13. The van der Waals surface area contributed by atoms with Crippen LogP contribution in [0.25, 0.3) is 10.2 Å². The molecule has 0 atom stereocenters. The molecule has 0 aliphatic carbocycles. The van der Waals surface area contributed by atoms with Gasteiger partial charge in [0.2, 0.25) is 0 Å². The number of nitrogens with zero attached hydrogens (tertiary/aromatic N) is 3. The van der Waals surface area contributed by atoms with Crippen molar-refractivity contribution in [3.8, 4) is 0 Å². The van der Waals surface area contributed by atoms with Crippen molar-refractivity contribution in [2.75, 3.05) is 33.9 Å². The Hall–Kier alpha value is -2.17.